The molecule has 13 heavy (non-hydrogen) atoms. The Morgan fingerprint density at radius 1 is 1.69 bits per heavy atom. The highest BCUT2D eigenvalue weighted by molar-refractivity contribution is 7.85. The first kappa shape index (κ1) is 10.3. The number of likely N-dealkylation sites (N-methyl/N-ethyl adjacent to an activating group) is 1. The van der Waals surface area contributed by atoms with Crippen LogP contribution in [0.3, 0.4) is 0 Å². The van der Waals surface area contributed by atoms with E-state index in [1.54, 1.807) is 7.05 Å². The van der Waals surface area contributed by atoms with Crippen LogP contribution in [0.2, 0.25) is 0 Å². The molecule has 1 heterocycles. The highest BCUT2D eigenvalue weighted by Gasteiger charge is 2.29. The Balaban J connectivity index is 2.37. The molecule has 1 rings (SSSR count). The van der Waals surface area contributed by atoms with Crippen LogP contribution in [0.25, 0.3) is 0 Å². The Bertz CT molecular complexity index is 298. The number of hydrogen-bond acceptors (Lipinski definition) is 5. The Morgan fingerprint density at radius 2 is 2.31 bits per heavy atom. The molecule has 0 aromatic carbocycles. The first-order valence-electron chi connectivity index (χ1n) is 3.64. The summed E-state index contributed by atoms with van der Waals surface area (Å²) in [5.41, 5.74) is 0. The Kier molecular flexibility index (Phi) is 2.77. The summed E-state index contributed by atoms with van der Waals surface area (Å²) in [6.07, 6.45) is 0.00217. The summed E-state index contributed by atoms with van der Waals surface area (Å²) < 4.78 is 30.4. The molecule has 76 valence electrons. The van der Waals surface area contributed by atoms with Crippen molar-refractivity contribution in [3.05, 3.63) is 0 Å². The molecule has 1 unspecified atom stereocenters. The van der Waals surface area contributed by atoms with Gasteiger partial charge in [-0.1, -0.05) is 0 Å². The van der Waals surface area contributed by atoms with Crippen LogP contribution in [0.4, 0.5) is 4.79 Å². The van der Waals surface area contributed by atoms with Gasteiger partial charge in [-0.15, -0.1) is 0 Å². The summed E-state index contributed by atoms with van der Waals surface area (Å²) >= 11 is 0. The maximum absolute atomic E-state index is 10.8. The largest absolute Gasteiger partial charge is 0.442 e. The third-order valence-electron chi connectivity index (χ3n) is 1.52. The molecule has 0 aromatic heterocycles. The number of carbonyl (C=O) groups is 1. The molecule has 1 saturated heterocycles. The molecular weight excluding hydrogens is 198 g/mol. The average molecular weight is 209 g/mol. The zero-order valence-corrected chi connectivity index (χ0v) is 8.20. The predicted molar refractivity (Wildman–Crippen MR) is 43.7 cm³/mol. The molecule has 0 N–H and O–H groups in total. The second-order valence-electron chi connectivity index (χ2n) is 2.87. The van der Waals surface area contributed by atoms with Gasteiger partial charge in [0, 0.05) is 7.05 Å². The van der Waals surface area contributed by atoms with Crippen LogP contribution in [-0.2, 0) is 19.0 Å². The van der Waals surface area contributed by atoms with Crippen LogP contribution in [0.15, 0.2) is 0 Å². The van der Waals surface area contributed by atoms with E-state index in [9.17, 15) is 13.2 Å². The van der Waals surface area contributed by atoms with E-state index in [4.69, 9.17) is 4.74 Å². The van der Waals surface area contributed by atoms with Crippen LogP contribution in [0, 0.1) is 0 Å². The molecule has 0 spiro atoms. The standard InChI is InChI=1S/C6H11NO5S/c1-7-3-5(12-6(7)8)4-11-13(2,9)10/h5H,3-4H2,1-2H3. The second kappa shape index (κ2) is 3.51. The molecule has 0 saturated carbocycles. The SMILES string of the molecule is CN1CC(COS(C)(=O)=O)OC1=O. The number of rotatable bonds is 3. The summed E-state index contributed by atoms with van der Waals surface area (Å²) in [6.45, 7) is 0.239. The summed E-state index contributed by atoms with van der Waals surface area (Å²) in [4.78, 5) is 12.2. The van der Waals surface area contributed by atoms with E-state index in [0.29, 0.717) is 6.54 Å². The molecule has 0 bridgehead atoms. The zero-order valence-electron chi connectivity index (χ0n) is 7.39. The van der Waals surface area contributed by atoms with Crippen molar-refractivity contribution in [2.24, 2.45) is 0 Å². The highest BCUT2D eigenvalue weighted by Crippen LogP contribution is 2.09. The van der Waals surface area contributed by atoms with Gasteiger partial charge >= 0.3 is 6.09 Å². The van der Waals surface area contributed by atoms with E-state index in [1.807, 2.05) is 0 Å². The van der Waals surface area contributed by atoms with Gasteiger partial charge in [-0.05, 0) is 0 Å². The van der Waals surface area contributed by atoms with E-state index in [-0.39, 0.29) is 6.61 Å². The van der Waals surface area contributed by atoms with E-state index < -0.39 is 22.3 Å². The Hall–Kier alpha value is -0.820. The first-order valence-corrected chi connectivity index (χ1v) is 5.46. The second-order valence-corrected chi connectivity index (χ2v) is 4.52. The van der Waals surface area contributed by atoms with Gasteiger partial charge in [-0.2, -0.15) is 8.42 Å². The summed E-state index contributed by atoms with van der Waals surface area (Å²) in [6, 6.07) is 0. The highest BCUT2D eigenvalue weighted by atomic mass is 32.2. The van der Waals surface area contributed by atoms with Crippen LogP contribution in [0.5, 0.6) is 0 Å². The van der Waals surface area contributed by atoms with E-state index in [2.05, 4.69) is 4.18 Å². The van der Waals surface area contributed by atoms with Crippen molar-refractivity contribution in [3.63, 3.8) is 0 Å². The van der Waals surface area contributed by atoms with Gasteiger partial charge in [0.1, 0.15) is 12.7 Å². The lowest BCUT2D eigenvalue weighted by molar-refractivity contribution is 0.105. The van der Waals surface area contributed by atoms with Crippen LogP contribution in [-0.4, -0.2) is 52.0 Å². The third kappa shape index (κ3) is 3.19. The first-order chi connectivity index (χ1) is 5.88. The lowest BCUT2D eigenvalue weighted by Crippen LogP contribution is -2.23. The van der Waals surface area contributed by atoms with Crippen molar-refractivity contribution >= 4 is 16.2 Å². The van der Waals surface area contributed by atoms with Crippen molar-refractivity contribution in [3.8, 4) is 0 Å². The number of ether oxygens (including phenoxy) is 1. The topological polar surface area (TPSA) is 72.9 Å². The Labute approximate surface area is 76.5 Å². The van der Waals surface area contributed by atoms with E-state index in [0.717, 1.165) is 6.26 Å². The number of carbonyl (C=O) groups excluding carboxylic acids is 1. The number of hydrogen-bond donors (Lipinski definition) is 0. The maximum atomic E-state index is 10.8. The smallest absolute Gasteiger partial charge is 0.410 e. The van der Waals surface area contributed by atoms with Crippen molar-refractivity contribution in [1.29, 1.82) is 0 Å². The van der Waals surface area contributed by atoms with Crippen molar-refractivity contribution in [1.82, 2.24) is 4.90 Å². The molecule has 1 aliphatic heterocycles. The molecule has 1 fully saturated rings. The van der Waals surface area contributed by atoms with E-state index >= 15 is 0 Å². The molecule has 0 radical (unpaired) electrons. The van der Waals surface area contributed by atoms with Crippen LogP contribution >= 0.6 is 0 Å². The van der Waals surface area contributed by atoms with Gasteiger partial charge in [0.05, 0.1) is 12.8 Å². The molecule has 6 nitrogen and oxygen atoms in total. The summed E-state index contributed by atoms with van der Waals surface area (Å²) in [5.74, 6) is 0. The van der Waals surface area contributed by atoms with Crippen LogP contribution in [0.1, 0.15) is 0 Å². The van der Waals surface area contributed by atoms with Crippen molar-refractivity contribution in [2.75, 3.05) is 26.5 Å². The fourth-order valence-electron chi connectivity index (χ4n) is 0.936. The monoisotopic (exact) mass is 209 g/mol. The number of nitrogens with zero attached hydrogens (tertiary/aromatic N) is 1. The minimum atomic E-state index is -3.46. The normalized spacial score (nSPS) is 23.4. The van der Waals surface area contributed by atoms with Gasteiger partial charge in [0.2, 0.25) is 0 Å². The maximum Gasteiger partial charge on any atom is 0.410 e. The summed E-state index contributed by atoms with van der Waals surface area (Å²) in [5, 5.41) is 0. The lowest BCUT2D eigenvalue weighted by Gasteiger charge is -2.06. The van der Waals surface area contributed by atoms with E-state index in [1.165, 1.54) is 4.90 Å². The summed E-state index contributed by atoms with van der Waals surface area (Å²) in [7, 11) is -1.88. The van der Waals surface area contributed by atoms with Gasteiger partial charge in [-0.25, -0.2) is 4.79 Å². The van der Waals surface area contributed by atoms with Gasteiger partial charge < -0.3 is 9.64 Å². The molecular formula is C6H11NO5S. The third-order valence-corrected chi connectivity index (χ3v) is 2.09. The van der Waals surface area contributed by atoms with Crippen molar-refractivity contribution < 1.29 is 22.1 Å². The lowest BCUT2D eigenvalue weighted by atomic mass is 10.4. The van der Waals surface area contributed by atoms with Gasteiger partial charge in [-0.3, -0.25) is 4.18 Å². The molecule has 7 heteroatoms. The molecule has 0 aromatic rings. The van der Waals surface area contributed by atoms with Crippen molar-refractivity contribution in [2.45, 2.75) is 6.10 Å². The minimum Gasteiger partial charge on any atom is -0.442 e. The van der Waals surface area contributed by atoms with Crippen LogP contribution < -0.4 is 0 Å². The minimum absolute atomic E-state index is 0.116. The molecule has 1 aliphatic rings. The molecule has 1 atom stereocenters. The zero-order chi connectivity index (χ0) is 10.1. The number of amides is 1. The van der Waals surface area contributed by atoms with Gasteiger partial charge in [0.15, 0.2) is 0 Å². The fourth-order valence-corrected chi connectivity index (χ4v) is 1.33. The number of cyclic esters (lactones) is 1. The Morgan fingerprint density at radius 3 is 2.69 bits per heavy atom. The fraction of sp³-hybridized carbons (Fsp3) is 0.833. The van der Waals surface area contributed by atoms with Gasteiger partial charge in [0.25, 0.3) is 10.1 Å². The quantitative estimate of drug-likeness (QED) is 0.581. The average Bonchev–Trinajstić information content (AvgIpc) is 2.27. The molecule has 1 amide bonds. The molecule has 0 aliphatic carbocycles. The predicted octanol–water partition coefficient (Wildman–Crippen LogP) is -0.587.